The van der Waals surface area contributed by atoms with Crippen LogP contribution in [-0.4, -0.2) is 30.3 Å². The van der Waals surface area contributed by atoms with Crippen LogP contribution in [0.2, 0.25) is 0 Å². The maximum absolute atomic E-state index is 12.1. The van der Waals surface area contributed by atoms with Gasteiger partial charge in [-0.1, -0.05) is 48.6 Å². The molecule has 31 heavy (non-hydrogen) atoms. The van der Waals surface area contributed by atoms with Crippen LogP contribution in [0.25, 0.3) is 11.5 Å². The third-order valence-electron chi connectivity index (χ3n) is 5.22. The summed E-state index contributed by atoms with van der Waals surface area (Å²) in [6.45, 7) is 2.59. The maximum Gasteiger partial charge on any atom is 0.338 e. The van der Waals surface area contributed by atoms with Crippen LogP contribution >= 0.6 is 0 Å². The zero-order valence-corrected chi connectivity index (χ0v) is 17.6. The van der Waals surface area contributed by atoms with E-state index < -0.39 is 0 Å². The van der Waals surface area contributed by atoms with Gasteiger partial charge in [-0.05, 0) is 30.2 Å². The van der Waals surface area contributed by atoms with Crippen LogP contribution in [0.15, 0.2) is 71.4 Å². The Morgan fingerprint density at radius 1 is 1.03 bits per heavy atom. The number of methoxy groups -OCH3 is 1. The van der Waals surface area contributed by atoms with Crippen molar-refractivity contribution in [3.8, 4) is 11.5 Å². The summed E-state index contributed by atoms with van der Waals surface area (Å²) in [4.78, 5) is 16.6. The van der Waals surface area contributed by atoms with Gasteiger partial charge >= 0.3 is 5.97 Å². The molecule has 1 aliphatic carbocycles. The predicted octanol–water partition coefficient (Wildman–Crippen LogP) is 4.87. The summed E-state index contributed by atoms with van der Waals surface area (Å²) in [6.07, 6.45) is 6.20. The molecule has 0 radical (unpaired) electrons. The monoisotopic (exact) mass is 419 g/mol. The standard InChI is InChI=1S/C25H25NO5/c1-17-7-6-10-19(23(17)25(27)28-2)14-29-21-11-12-22(13-21)30-15-20-16-31-24(26-20)18-8-4-3-5-9-18/h3-12,16,21-22H,13-15H2,1-2H3. The van der Waals surface area contributed by atoms with E-state index in [4.69, 9.17) is 18.6 Å². The van der Waals surface area contributed by atoms with E-state index in [0.717, 1.165) is 22.4 Å². The highest BCUT2D eigenvalue weighted by molar-refractivity contribution is 5.92. The molecule has 3 aromatic rings. The first-order valence-corrected chi connectivity index (χ1v) is 10.2. The number of aryl methyl sites for hydroxylation is 1. The van der Waals surface area contributed by atoms with E-state index in [1.165, 1.54) is 7.11 Å². The second-order valence-corrected chi connectivity index (χ2v) is 7.43. The lowest BCUT2D eigenvalue weighted by atomic mass is 10.0. The molecule has 0 spiro atoms. The Balaban J connectivity index is 1.28. The number of carbonyl (C=O) groups is 1. The van der Waals surface area contributed by atoms with Crippen molar-refractivity contribution in [1.29, 1.82) is 0 Å². The first-order valence-electron chi connectivity index (χ1n) is 10.2. The van der Waals surface area contributed by atoms with E-state index in [2.05, 4.69) is 4.98 Å². The van der Waals surface area contributed by atoms with Crippen molar-refractivity contribution in [2.75, 3.05) is 7.11 Å². The molecule has 2 unspecified atom stereocenters. The van der Waals surface area contributed by atoms with E-state index >= 15 is 0 Å². The van der Waals surface area contributed by atoms with Crippen molar-refractivity contribution >= 4 is 5.97 Å². The Kier molecular flexibility index (Phi) is 6.60. The van der Waals surface area contributed by atoms with Gasteiger partial charge in [-0.2, -0.15) is 0 Å². The summed E-state index contributed by atoms with van der Waals surface area (Å²) < 4.78 is 22.4. The highest BCUT2D eigenvalue weighted by Gasteiger charge is 2.22. The molecule has 6 heteroatoms. The topological polar surface area (TPSA) is 70.8 Å². The van der Waals surface area contributed by atoms with Crippen molar-refractivity contribution in [1.82, 2.24) is 4.98 Å². The van der Waals surface area contributed by atoms with Crippen LogP contribution in [0, 0.1) is 6.92 Å². The molecule has 2 atom stereocenters. The summed E-state index contributed by atoms with van der Waals surface area (Å²) in [7, 11) is 1.39. The molecule has 6 nitrogen and oxygen atoms in total. The molecule has 0 aliphatic heterocycles. The molecule has 0 saturated heterocycles. The minimum Gasteiger partial charge on any atom is -0.465 e. The molecule has 0 amide bonds. The van der Waals surface area contributed by atoms with Gasteiger partial charge in [-0.25, -0.2) is 9.78 Å². The van der Waals surface area contributed by atoms with Gasteiger partial charge in [0.15, 0.2) is 0 Å². The van der Waals surface area contributed by atoms with Crippen LogP contribution in [0.5, 0.6) is 0 Å². The average Bonchev–Trinajstić information content (AvgIpc) is 3.46. The molecular formula is C25H25NO5. The maximum atomic E-state index is 12.1. The number of nitrogens with zero attached hydrogens (tertiary/aromatic N) is 1. The molecule has 4 rings (SSSR count). The Labute approximate surface area is 181 Å². The van der Waals surface area contributed by atoms with Crippen molar-refractivity contribution in [3.05, 3.63) is 89.3 Å². The second-order valence-electron chi connectivity index (χ2n) is 7.43. The number of hydrogen-bond donors (Lipinski definition) is 0. The summed E-state index contributed by atoms with van der Waals surface area (Å²) in [5, 5.41) is 0. The minimum absolute atomic E-state index is 0.0561. The molecule has 0 bridgehead atoms. The third kappa shape index (κ3) is 5.10. The van der Waals surface area contributed by atoms with Crippen molar-refractivity contribution < 1.29 is 23.4 Å². The quantitative estimate of drug-likeness (QED) is 0.383. The number of rotatable bonds is 8. The summed E-state index contributed by atoms with van der Waals surface area (Å²) >= 11 is 0. The lowest BCUT2D eigenvalue weighted by Gasteiger charge is -2.15. The van der Waals surface area contributed by atoms with Gasteiger partial charge < -0.3 is 18.6 Å². The molecule has 0 saturated carbocycles. The zero-order valence-electron chi connectivity index (χ0n) is 17.6. The lowest BCUT2D eigenvalue weighted by molar-refractivity contribution is 0.0185. The van der Waals surface area contributed by atoms with Gasteiger partial charge in [0.25, 0.3) is 0 Å². The number of ether oxygens (including phenoxy) is 3. The Hall–Kier alpha value is -3.22. The number of esters is 1. The fraction of sp³-hybridized carbons (Fsp3) is 0.280. The fourth-order valence-corrected chi connectivity index (χ4v) is 3.60. The van der Waals surface area contributed by atoms with Crippen LogP contribution < -0.4 is 0 Å². The molecule has 1 aliphatic rings. The van der Waals surface area contributed by atoms with Crippen molar-refractivity contribution in [3.63, 3.8) is 0 Å². The van der Waals surface area contributed by atoms with E-state index in [1.807, 2.05) is 67.6 Å². The van der Waals surface area contributed by atoms with E-state index in [9.17, 15) is 4.79 Å². The second kappa shape index (κ2) is 9.73. The molecule has 2 aromatic carbocycles. The Morgan fingerprint density at radius 2 is 1.77 bits per heavy atom. The summed E-state index contributed by atoms with van der Waals surface area (Å²) in [5.74, 6) is 0.240. The molecule has 160 valence electrons. The molecule has 1 heterocycles. The number of carbonyl (C=O) groups excluding carboxylic acids is 1. The van der Waals surface area contributed by atoms with E-state index in [0.29, 0.717) is 31.1 Å². The van der Waals surface area contributed by atoms with E-state index in [-0.39, 0.29) is 18.2 Å². The van der Waals surface area contributed by atoms with Crippen LogP contribution in [0.1, 0.15) is 33.6 Å². The van der Waals surface area contributed by atoms with Crippen LogP contribution in [-0.2, 0) is 27.4 Å². The van der Waals surface area contributed by atoms with Gasteiger partial charge in [0.1, 0.15) is 12.0 Å². The highest BCUT2D eigenvalue weighted by atomic mass is 16.5. The Bertz CT molecular complexity index is 1060. The van der Waals surface area contributed by atoms with Crippen LogP contribution in [0.3, 0.4) is 0 Å². The van der Waals surface area contributed by atoms with E-state index in [1.54, 1.807) is 6.26 Å². The molecule has 0 N–H and O–H groups in total. The third-order valence-corrected chi connectivity index (χ3v) is 5.22. The first-order chi connectivity index (χ1) is 15.1. The van der Waals surface area contributed by atoms with Crippen molar-refractivity contribution in [2.24, 2.45) is 0 Å². The fourth-order valence-electron chi connectivity index (χ4n) is 3.60. The first kappa shape index (κ1) is 21.0. The average molecular weight is 419 g/mol. The van der Waals surface area contributed by atoms with Gasteiger partial charge in [0.05, 0.1) is 38.1 Å². The lowest BCUT2D eigenvalue weighted by Crippen LogP contribution is -2.16. The molecule has 1 aromatic heterocycles. The number of aromatic nitrogens is 1. The smallest absolute Gasteiger partial charge is 0.338 e. The van der Waals surface area contributed by atoms with Crippen molar-refractivity contribution in [2.45, 2.75) is 38.8 Å². The Morgan fingerprint density at radius 3 is 2.52 bits per heavy atom. The van der Waals surface area contributed by atoms with Gasteiger partial charge in [-0.3, -0.25) is 0 Å². The van der Waals surface area contributed by atoms with Gasteiger partial charge in [0, 0.05) is 12.0 Å². The normalized spacial score (nSPS) is 17.7. The zero-order chi connectivity index (χ0) is 21.6. The summed E-state index contributed by atoms with van der Waals surface area (Å²) in [6, 6.07) is 15.5. The van der Waals surface area contributed by atoms with Gasteiger partial charge in [-0.15, -0.1) is 0 Å². The SMILES string of the molecule is COC(=O)c1c(C)cccc1COC1C=CC(OCc2coc(-c3ccccc3)n2)C1. The molecular weight excluding hydrogens is 394 g/mol. The number of oxazole rings is 1. The molecule has 0 fully saturated rings. The highest BCUT2D eigenvalue weighted by Crippen LogP contribution is 2.23. The number of hydrogen-bond acceptors (Lipinski definition) is 6. The predicted molar refractivity (Wildman–Crippen MR) is 115 cm³/mol. The van der Waals surface area contributed by atoms with Crippen LogP contribution in [0.4, 0.5) is 0 Å². The summed E-state index contributed by atoms with van der Waals surface area (Å²) in [5.41, 5.74) is 3.95. The number of benzene rings is 2. The largest absolute Gasteiger partial charge is 0.465 e. The minimum atomic E-state index is -0.345. The van der Waals surface area contributed by atoms with Gasteiger partial charge in [0.2, 0.25) is 5.89 Å².